The summed E-state index contributed by atoms with van der Waals surface area (Å²) >= 11 is 0. The number of piperidine rings is 1. The van der Waals surface area contributed by atoms with E-state index in [-0.39, 0.29) is 17.2 Å². The molecule has 1 spiro atoms. The second-order valence-corrected chi connectivity index (χ2v) is 7.84. The Morgan fingerprint density at radius 3 is 2.83 bits per heavy atom. The smallest absolute Gasteiger partial charge is 0.228 e. The summed E-state index contributed by atoms with van der Waals surface area (Å²) in [5.74, 6) is 2.09. The van der Waals surface area contributed by atoms with Crippen molar-refractivity contribution >= 4 is 22.6 Å². The minimum atomic E-state index is 0.190. The summed E-state index contributed by atoms with van der Waals surface area (Å²) in [6.45, 7) is 2.10. The average Bonchev–Trinajstić information content (AvgIpc) is 3.06. The van der Waals surface area contributed by atoms with Crippen molar-refractivity contribution in [2.45, 2.75) is 44.4 Å². The number of carbonyl (C=O) groups excluding carboxylic acids is 1. The quantitative estimate of drug-likeness (QED) is 0.812. The summed E-state index contributed by atoms with van der Waals surface area (Å²) in [6.07, 6.45) is 7.11. The number of carbonyl (C=O) groups is 1. The van der Waals surface area contributed by atoms with E-state index in [9.17, 15) is 4.79 Å². The van der Waals surface area contributed by atoms with Crippen molar-refractivity contribution < 1.29 is 4.79 Å². The monoisotopic (exact) mass is 324 g/mol. The molecule has 1 aromatic heterocycles. The SMILES string of the molecule is O=C(Nc1ccc2nc(C3CCC3)[nH]c2c1)C1CC12CCNCC2. The first kappa shape index (κ1) is 14.5. The van der Waals surface area contributed by atoms with Gasteiger partial charge in [-0.05, 0) is 68.8 Å². The van der Waals surface area contributed by atoms with Crippen LogP contribution in [0.2, 0.25) is 0 Å². The molecule has 0 radical (unpaired) electrons. The Labute approximate surface area is 141 Å². The van der Waals surface area contributed by atoms with Crippen LogP contribution in [0.3, 0.4) is 0 Å². The van der Waals surface area contributed by atoms with Gasteiger partial charge in [0, 0.05) is 17.5 Å². The van der Waals surface area contributed by atoms with Crippen LogP contribution in [-0.2, 0) is 4.79 Å². The van der Waals surface area contributed by atoms with Gasteiger partial charge in [-0.1, -0.05) is 6.42 Å². The van der Waals surface area contributed by atoms with Gasteiger partial charge in [0.15, 0.2) is 0 Å². The molecular weight excluding hydrogens is 300 g/mol. The summed E-state index contributed by atoms with van der Waals surface area (Å²) < 4.78 is 0. The fourth-order valence-electron chi connectivity index (χ4n) is 4.41. The largest absolute Gasteiger partial charge is 0.342 e. The molecule has 126 valence electrons. The van der Waals surface area contributed by atoms with Crippen LogP contribution in [0.1, 0.15) is 50.3 Å². The number of anilines is 1. The van der Waals surface area contributed by atoms with E-state index in [2.05, 4.69) is 15.6 Å². The van der Waals surface area contributed by atoms with Gasteiger partial charge < -0.3 is 15.6 Å². The van der Waals surface area contributed by atoms with Gasteiger partial charge in [-0.15, -0.1) is 0 Å². The van der Waals surface area contributed by atoms with Gasteiger partial charge in [0.1, 0.15) is 5.82 Å². The lowest BCUT2D eigenvalue weighted by Crippen LogP contribution is -2.31. The molecule has 1 saturated heterocycles. The van der Waals surface area contributed by atoms with Crippen LogP contribution in [0, 0.1) is 11.3 Å². The number of imidazole rings is 1. The molecule has 0 bridgehead atoms. The van der Waals surface area contributed by atoms with Crippen molar-refractivity contribution in [2.75, 3.05) is 18.4 Å². The number of rotatable bonds is 3. The summed E-state index contributed by atoms with van der Waals surface area (Å²) in [5, 5.41) is 6.51. The molecule has 2 aliphatic carbocycles. The Balaban J connectivity index is 1.31. The molecule has 2 aromatic rings. The van der Waals surface area contributed by atoms with Gasteiger partial charge >= 0.3 is 0 Å². The molecular formula is C19H24N4O. The minimum Gasteiger partial charge on any atom is -0.342 e. The fraction of sp³-hybridized carbons (Fsp3) is 0.579. The number of H-pyrrole nitrogens is 1. The lowest BCUT2D eigenvalue weighted by atomic mass is 9.85. The summed E-state index contributed by atoms with van der Waals surface area (Å²) in [4.78, 5) is 20.7. The maximum atomic E-state index is 12.6. The first-order chi connectivity index (χ1) is 11.7. The Morgan fingerprint density at radius 1 is 1.25 bits per heavy atom. The zero-order chi connectivity index (χ0) is 16.1. The van der Waals surface area contributed by atoms with Crippen molar-refractivity contribution in [1.29, 1.82) is 0 Å². The number of nitrogens with one attached hydrogen (secondary N) is 3. The van der Waals surface area contributed by atoms with E-state index < -0.39 is 0 Å². The number of fused-ring (bicyclic) bond motifs is 1. The van der Waals surface area contributed by atoms with Crippen molar-refractivity contribution in [3.63, 3.8) is 0 Å². The molecule has 2 saturated carbocycles. The third kappa shape index (κ3) is 2.34. The second-order valence-electron chi connectivity index (χ2n) is 7.84. The molecule has 5 rings (SSSR count). The molecule has 1 aromatic carbocycles. The number of hydrogen-bond acceptors (Lipinski definition) is 3. The predicted octanol–water partition coefficient (Wildman–Crippen LogP) is 3.16. The third-order valence-corrected chi connectivity index (χ3v) is 6.37. The van der Waals surface area contributed by atoms with E-state index in [0.717, 1.165) is 54.9 Å². The van der Waals surface area contributed by atoms with Crippen molar-refractivity contribution in [3.8, 4) is 0 Å². The highest BCUT2D eigenvalue weighted by molar-refractivity contribution is 5.96. The maximum Gasteiger partial charge on any atom is 0.228 e. The number of aromatic amines is 1. The molecule has 2 heterocycles. The highest BCUT2D eigenvalue weighted by Gasteiger charge is 2.57. The topological polar surface area (TPSA) is 69.8 Å². The van der Waals surface area contributed by atoms with Gasteiger partial charge in [-0.2, -0.15) is 0 Å². The molecule has 3 fully saturated rings. The van der Waals surface area contributed by atoms with Crippen LogP contribution >= 0.6 is 0 Å². The molecule has 3 N–H and O–H groups in total. The molecule has 3 aliphatic rings. The lowest BCUT2D eigenvalue weighted by molar-refractivity contribution is -0.118. The van der Waals surface area contributed by atoms with Gasteiger partial charge in [0.25, 0.3) is 0 Å². The average molecular weight is 324 g/mol. The molecule has 1 unspecified atom stereocenters. The van der Waals surface area contributed by atoms with Crippen molar-refractivity contribution in [3.05, 3.63) is 24.0 Å². The van der Waals surface area contributed by atoms with Crippen molar-refractivity contribution in [1.82, 2.24) is 15.3 Å². The van der Waals surface area contributed by atoms with Crippen molar-refractivity contribution in [2.24, 2.45) is 11.3 Å². The Bertz CT molecular complexity index is 786. The standard InChI is InChI=1S/C19H24N4O/c24-18(14-11-19(14)6-8-20-9-7-19)21-13-4-5-15-16(10-13)23-17(22-15)12-2-1-3-12/h4-5,10,12,14,20H,1-3,6-9,11H2,(H,21,24)(H,22,23). The minimum absolute atomic E-state index is 0.190. The molecule has 1 amide bonds. The zero-order valence-electron chi connectivity index (χ0n) is 13.9. The Hall–Kier alpha value is -1.88. The summed E-state index contributed by atoms with van der Waals surface area (Å²) in [5.41, 5.74) is 3.19. The molecule has 5 heteroatoms. The van der Waals surface area contributed by atoms with Gasteiger partial charge in [-0.3, -0.25) is 4.79 Å². The molecule has 1 aliphatic heterocycles. The van der Waals surface area contributed by atoms with E-state index in [4.69, 9.17) is 4.98 Å². The predicted molar refractivity (Wildman–Crippen MR) is 94.0 cm³/mol. The fourth-order valence-corrected chi connectivity index (χ4v) is 4.41. The second kappa shape index (κ2) is 5.31. The highest BCUT2D eigenvalue weighted by atomic mass is 16.2. The zero-order valence-corrected chi connectivity index (χ0v) is 13.9. The normalized spacial score (nSPS) is 25.6. The maximum absolute atomic E-state index is 12.6. The van der Waals surface area contributed by atoms with E-state index in [0.29, 0.717) is 5.92 Å². The number of benzene rings is 1. The summed E-state index contributed by atoms with van der Waals surface area (Å²) in [6, 6.07) is 6.01. The molecule has 24 heavy (non-hydrogen) atoms. The lowest BCUT2D eigenvalue weighted by Gasteiger charge is -2.23. The van der Waals surface area contributed by atoms with E-state index in [1.807, 2.05) is 18.2 Å². The number of amides is 1. The number of aromatic nitrogens is 2. The van der Waals surface area contributed by atoms with E-state index in [1.54, 1.807) is 0 Å². The molecule has 1 atom stereocenters. The van der Waals surface area contributed by atoms with E-state index >= 15 is 0 Å². The summed E-state index contributed by atoms with van der Waals surface area (Å²) in [7, 11) is 0. The van der Waals surface area contributed by atoms with Gasteiger partial charge in [0.2, 0.25) is 5.91 Å². The Morgan fingerprint density at radius 2 is 2.08 bits per heavy atom. The van der Waals surface area contributed by atoms with Crippen LogP contribution < -0.4 is 10.6 Å². The van der Waals surface area contributed by atoms with Crippen LogP contribution in [-0.4, -0.2) is 29.0 Å². The third-order valence-electron chi connectivity index (χ3n) is 6.37. The number of hydrogen-bond donors (Lipinski definition) is 3. The van der Waals surface area contributed by atoms with Crippen LogP contribution in [0.5, 0.6) is 0 Å². The van der Waals surface area contributed by atoms with E-state index in [1.165, 1.54) is 19.3 Å². The van der Waals surface area contributed by atoms with Gasteiger partial charge in [-0.25, -0.2) is 4.98 Å². The van der Waals surface area contributed by atoms with Crippen LogP contribution in [0.25, 0.3) is 11.0 Å². The molecule has 5 nitrogen and oxygen atoms in total. The first-order valence-corrected chi connectivity index (χ1v) is 9.25. The van der Waals surface area contributed by atoms with Gasteiger partial charge in [0.05, 0.1) is 11.0 Å². The Kier molecular flexibility index (Phi) is 3.20. The number of nitrogens with zero attached hydrogens (tertiary/aromatic N) is 1. The van der Waals surface area contributed by atoms with Crippen LogP contribution in [0.15, 0.2) is 18.2 Å². The highest BCUT2D eigenvalue weighted by Crippen LogP contribution is 2.58. The van der Waals surface area contributed by atoms with Crippen LogP contribution in [0.4, 0.5) is 5.69 Å². The first-order valence-electron chi connectivity index (χ1n) is 9.25.